The highest BCUT2D eigenvalue weighted by Gasteiger charge is 2.35. The van der Waals surface area contributed by atoms with Crippen LogP contribution in [0.15, 0.2) is 65.6 Å². The molecule has 3 aromatic carbocycles. The Morgan fingerprint density at radius 2 is 1.87 bits per heavy atom. The second kappa shape index (κ2) is 8.54. The van der Waals surface area contributed by atoms with Crippen LogP contribution < -0.4 is 4.74 Å². The van der Waals surface area contributed by atoms with E-state index in [1.807, 2.05) is 56.3 Å². The molecule has 1 aliphatic heterocycles. The lowest BCUT2D eigenvalue weighted by Gasteiger charge is -2.15. The lowest BCUT2D eigenvalue weighted by molar-refractivity contribution is -0.123. The third-order valence-corrected chi connectivity index (χ3v) is 5.81. The third-order valence-electron chi connectivity index (χ3n) is 4.67. The van der Waals surface area contributed by atoms with Crippen molar-refractivity contribution >= 4 is 51.4 Å². The minimum absolute atomic E-state index is 0.0174. The molecule has 3 aromatic rings. The fraction of sp³-hybridized carbons (Fsp3) is 0.167. The number of carbonyl (C=O) groups is 2. The molecule has 0 spiro atoms. The van der Waals surface area contributed by atoms with E-state index >= 15 is 0 Å². The number of halogens is 1. The van der Waals surface area contributed by atoms with Gasteiger partial charge in [-0.3, -0.25) is 14.5 Å². The molecular formula is C24H20ClNO3S. The molecule has 1 fully saturated rings. The van der Waals surface area contributed by atoms with Crippen molar-refractivity contribution in [1.29, 1.82) is 0 Å². The maximum absolute atomic E-state index is 13.0. The highest BCUT2D eigenvalue weighted by molar-refractivity contribution is 8.18. The molecule has 1 aliphatic rings. The van der Waals surface area contributed by atoms with Crippen LogP contribution >= 0.6 is 23.4 Å². The second-order valence-corrected chi connectivity index (χ2v) is 8.69. The van der Waals surface area contributed by atoms with E-state index in [0.717, 1.165) is 33.7 Å². The van der Waals surface area contributed by atoms with Crippen molar-refractivity contribution in [2.75, 3.05) is 0 Å². The third kappa shape index (κ3) is 4.23. The zero-order valence-corrected chi connectivity index (χ0v) is 18.2. The van der Waals surface area contributed by atoms with Gasteiger partial charge in [0.15, 0.2) is 0 Å². The van der Waals surface area contributed by atoms with Crippen LogP contribution in [0.25, 0.3) is 16.8 Å². The summed E-state index contributed by atoms with van der Waals surface area (Å²) in [6.45, 7) is 4.10. The molecular weight excluding hydrogens is 418 g/mol. The van der Waals surface area contributed by atoms with Gasteiger partial charge in [-0.2, -0.15) is 0 Å². The number of ether oxygens (including phenoxy) is 1. The summed E-state index contributed by atoms with van der Waals surface area (Å²) in [4.78, 5) is 27.2. The first-order valence-corrected chi connectivity index (χ1v) is 10.8. The summed E-state index contributed by atoms with van der Waals surface area (Å²) in [6.07, 6.45) is 1.75. The maximum Gasteiger partial charge on any atom is 0.293 e. The van der Waals surface area contributed by atoms with E-state index in [0.29, 0.717) is 15.7 Å². The molecule has 1 heterocycles. The fourth-order valence-electron chi connectivity index (χ4n) is 3.37. The van der Waals surface area contributed by atoms with Crippen LogP contribution in [0.2, 0.25) is 5.02 Å². The van der Waals surface area contributed by atoms with Crippen molar-refractivity contribution in [2.24, 2.45) is 0 Å². The van der Waals surface area contributed by atoms with Crippen LogP contribution in [-0.2, 0) is 11.3 Å². The van der Waals surface area contributed by atoms with Gasteiger partial charge in [0.2, 0.25) is 0 Å². The molecule has 0 aromatic heterocycles. The van der Waals surface area contributed by atoms with E-state index in [-0.39, 0.29) is 23.8 Å². The lowest BCUT2D eigenvalue weighted by Crippen LogP contribution is -2.27. The van der Waals surface area contributed by atoms with Gasteiger partial charge in [-0.05, 0) is 66.2 Å². The lowest BCUT2D eigenvalue weighted by atomic mass is 10.0. The number of thioether (sulfide) groups is 1. The van der Waals surface area contributed by atoms with Gasteiger partial charge in [0.25, 0.3) is 11.1 Å². The van der Waals surface area contributed by atoms with Crippen LogP contribution in [-0.4, -0.2) is 22.2 Å². The van der Waals surface area contributed by atoms with Gasteiger partial charge in [0, 0.05) is 10.6 Å². The number of rotatable bonds is 5. The average molecular weight is 438 g/mol. The van der Waals surface area contributed by atoms with E-state index in [4.69, 9.17) is 16.3 Å². The fourth-order valence-corrected chi connectivity index (χ4v) is 4.40. The molecule has 0 unspecified atom stereocenters. The summed E-state index contributed by atoms with van der Waals surface area (Å²) in [5.41, 5.74) is 1.61. The number of carbonyl (C=O) groups excluding carboxylic acids is 2. The maximum atomic E-state index is 13.0. The Labute approximate surface area is 184 Å². The second-order valence-electron chi connectivity index (χ2n) is 7.26. The molecule has 4 nitrogen and oxygen atoms in total. The molecule has 1 saturated heterocycles. The van der Waals surface area contributed by atoms with Gasteiger partial charge in [0.1, 0.15) is 5.75 Å². The molecule has 0 saturated carbocycles. The largest absolute Gasteiger partial charge is 0.490 e. The summed E-state index contributed by atoms with van der Waals surface area (Å²) in [6, 6.07) is 19.0. The number of imide groups is 1. The molecule has 0 N–H and O–H groups in total. The van der Waals surface area contributed by atoms with E-state index in [9.17, 15) is 9.59 Å². The number of fused-ring (bicyclic) bond motifs is 1. The zero-order chi connectivity index (χ0) is 21.3. The minimum atomic E-state index is -0.312. The quantitative estimate of drug-likeness (QED) is 0.426. The van der Waals surface area contributed by atoms with Crippen molar-refractivity contribution in [2.45, 2.75) is 26.5 Å². The first-order chi connectivity index (χ1) is 14.4. The summed E-state index contributed by atoms with van der Waals surface area (Å²) in [7, 11) is 0. The summed E-state index contributed by atoms with van der Waals surface area (Å²) in [5.74, 6) is 0.374. The SMILES string of the molecule is CC(C)Oc1ccc2ccccc2c1/C=C1\SC(=O)N(Cc2cccc(Cl)c2)C1=O. The first kappa shape index (κ1) is 20.5. The van der Waals surface area contributed by atoms with Crippen LogP contribution in [0.5, 0.6) is 5.75 Å². The number of hydrogen-bond acceptors (Lipinski definition) is 4. The van der Waals surface area contributed by atoms with Crippen LogP contribution in [0.4, 0.5) is 4.79 Å². The van der Waals surface area contributed by atoms with Gasteiger partial charge < -0.3 is 4.74 Å². The van der Waals surface area contributed by atoms with Gasteiger partial charge in [-0.15, -0.1) is 0 Å². The van der Waals surface area contributed by atoms with Crippen molar-refractivity contribution in [3.8, 4) is 5.75 Å². The predicted molar refractivity (Wildman–Crippen MR) is 123 cm³/mol. The Hall–Kier alpha value is -2.76. The number of nitrogens with zero attached hydrogens (tertiary/aromatic N) is 1. The average Bonchev–Trinajstić information content (AvgIpc) is 2.97. The smallest absolute Gasteiger partial charge is 0.293 e. The number of hydrogen-bond donors (Lipinski definition) is 0. The molecule has 2 amide bonds. The van der Waals surface area contributed by atoms with Gasteiger partial charge in [0.05, 0.1) is 17.6 Å². The normalized spacial score (nSPS) is 15.6. The highest BCUT2D eigenvalue weighted by Crippen LogP contribution is 2.37. The van der Waals surface area contributed by atoms with Gasteiger partial charge in [-0.25, -0.2) is 0 Å². The Morgan fingerprint density at radius 1 is 1.07 bits per heavy atom. The molecule has 152 valence electrons. The summed E-state index contributed by atoms with van der Waals surface area (Å²) < 4.78 is 5.98. The predicted octanol–water partition coefficient (Wildman–Crippen LogP) is 6.52. The summed E-state index contributed by atoms with van der Waals surface area (Å²) >= 11 is 6.98. The Kier molecular flexibility index (Phi) is 5.84. The number of benzene rings is 3. The van der Waals surface area contributed by atoms with E-state index in [1.54, 1.807) is 24.3 Å². The van der Waals surface area contributed by atoms with Gasteiger partial charge in [-0.1, -0.05) is 54.1 Å². The topological polar surface area (TPSA) is 46.6 Å². The summed E-state index contributed by atoms with van der Waals surface area (Å²) in [5, 5.41) is 2.29. The van der Waals surface area contributed by atoms with E-state index in [2.05, 4.69) is 0 Å². The molecule has 0 aliphatic carbocycles. The Morgan fingerprint density at radius 3 is 2.63 bits per heavy atom. The van der Waals surface area contributed by atoms with Crippen molar-refractivity contribution < 1.29 is 14.3 Å². The molecule has 0 atom stereocenters. The van der Waals surface area contributed by atoms with Crippen molar-refractivity contribution in [1.82, 2.24) is 4.90 Å². The Balaban J connectivity index is 1.72. The first-order valence-electron chi connectivity index (χ1n) is 9.60. The molecule has 0 radical (unpaired) electrons. The van der Waals surface area contributed by atoms with Crippen LogP contribution in [0.1, 0.15) is 25.0 Å². The molecule has 4 rings (SSSR count). The van der Waals surface area contributed by atoms with Crippen LogP contribution in [0.3, 0.4) is 0 Å². The van der Waals surface area contributed by atoms with Crippen molar-refractivity contribution in [3.63, 3.8) is 0 Å². The highest BCUT2D eigenvalue weighted by atomic mass is 35.5. The molecule has 6 heteroatoms. The standard InChI is InChI=1S/C24H20ClNO3S/c1-15(2)29-21-11-10-17-7-3-4-9-19(17)20(21)13-22-23(27)26(24(28)30-22)14-16-6-5-8-18(25)12-16/h3-13,15H,14H2,1-2H3/b22-13-. The molecule has 0 bridgehead atoms. The zero-order valence-electron chi connectivity index (χ0n) is 16.6. The minimum Gasteiger partial charge on any atom is -0.490 e. The van der Waals surface area contributed by atoms with Gasteiger partial charge >= 0.3 is 0 Å². The van der Waals surface area contributed by atoms with Crippen LogP contribution in [0, 0.1) is 0 Å². The Bertz CT molecular complexity index is 1170. The molecule has 30 heavy (non-hydrogen) atoms. The number of amides is 2. The van der Waals surface area contributed by atoms with Crippen molar-refractivity contribution in [3.05, 3.63) is 81.7 Å². The monoisotopic (exact) mass is 437 g/mol. The van der Waals surface area contributed by atoms with E-state index < -0.39 is 0 Å². The van der Waals surface area contributed by atoms with E-state index in [1.165, 1.54) is 4.90 Å².